The second-order valence-electron chi connectivity index (χ2n) is 2.10. The maximum atomic E-state index is 7.89. The van der Waals surface area contributed by atoms with E-state index in [0.717, 1.165) is 19.3 Å². The molecule has 0 amide bonds. The van der Waals surface area contributed by atoms with E-state index < -0.39 is 0 Å². The smallest absolute Gasteiger partial charge is 0.0887 e. The van der Waals surface area contributed by atoms with Gasteiger partial charge in [0, 0.05) is 11.3 Å². The van der Waals surface area contributed by atoms with Gasteiger partial charge in [-0.2, -0.15) is 0 Å². The molecule has 0 heterocycles. The Morgan fingerprint density at radius 1 is 1.33 bits per heavy atom. The van der Waals surface area contributed by atoms with Crippen molar-refractivity contribution in [2.24, 2.45) is 5.11 Å². The van der Waals surface area contributed by atoms with E-state index in [-0.39, 0.29) is 6.54 Å². The molecule has 12 heavy (non-hydrogen) atoms. The van der Waals surface area contributed by atoms with Crippen LogP contribution in [-0.2, 0) is 0 Å². The van der Waals surface area contributed by atoms with Crippen LogP contribution in [0.4, 0.5) is 0 Å². The molecule has 0 rings (SSSR count). The molecule has 0 radical (unpaired) electrons. The Balaban J connectivity index is 3.51. The third-order valence-corrected chi connectivity index (χ3v) is 1.11. The minimum atomic E-state index is 0.207. The Kier molecular flexibility index (Phi) is 8.20. The van der Waals surface area contributed by atoms with Gasteiger partial charge in [0.15, 0.2) is 0 Å². The fraction of sp³-hybridized carbons (Fsp3) is 0.556. The lowest BCUT2D eigenvalue weighted by molar-refractivity contribution is 0.828. The topological polar surface area (TPSA) is 48.8 Å². The van der Waals surface area contributed by atoms with Crippen molar-refractivity contribution in [3.63, 3.8) is 0 Å². The van der Waals surface area contributed by atoms with Crippen molar-refractivity contribution in [3.05, 3.63) is 10.4 Å². The number of unbranched alkanes of at least 4 members (excludes halogenated alkanes) is 2. The van der Waals surface area contributed by atoms with Gasteiger partial charge in [-0.1, -0.05) is 30.3 Å². The molecule has 0 atom stereocenters. The number of hydrogen-bond acceptors (Lipinski definition) is 1. The molecular weight excluding hydrogens is 150 g/mol. The van der Waals surface area contributed by atoms with Gasteiger partial charge < -0.3 is 0 Å². The summed E-state index contributed by atoms with van der Waals surface area (Å²) in [6.45, 7) is 2.33. The Hall–Kier alpha value is -1.57. The molecule has 0 unspecified atom stereocenters. The quantitative estimate of drug-likeness (QED) is 0.201. The zero-order valence-electron chi connectivity index (χ0n) is 7.17. The van der Waals surface area contributed by atoms with E-state index in [1.54, 1.807) is 0 Å². The van der Waals surface area contributed by atoms with Gasteiger partial charge in [0.2, 0.25) is 0 Å². The van der Waals surface area contributed by atoms with Gasteiger partial charge in [-0.3, -0.25) is 0 Å². The van der Waals surface area contributed by atoms with Crippen LogP contribution in [0.1, 0.15) is 26.2 Å². The molecule has 0 aliphatic carbocycles. The van der Waals surface area contributed by atoms with Crippen LogP contribution < -0.4 is 0 Å². The molecular formula is C9H11N3. The van der Waals surface area contributed by atoms with Crippen LogP contribution in [0, 0.1) is 23.7 Å². The highest BCUT2D eigenvalue weighted by atomic mass is 15.1. The van der Waals surface area contributed by atoms with Crippen molar-refractivity contribution in [3.8, 4) is 23.7 Å². The summed E-state index contributed by atoms with van der Waals surface area (Å²) in [5.41, 5.74) is 7.89. The molecule has 0 aliphatic heterocycles. The van der Waals surface area contributed by atoms with Gasteiger partial charge in [0.25, 0.3) is 0 Å². The van der Waals surface area contributed by atoms with Crippen molar-refractivity contribution in [1.29, 1.82) is 0 Å². The van der Waals surface area contributed by atoms with Gasteiger partial charge in [-0.15, -0.1) is 0 Å². The first-order valence-electron chi connectivity index (χ1n) is 3.88. The predicted octanol–water partition coefficient (Wildman–Crippen LogP) is 2.49. The molecule has 0 aromatic rings. The van der Waals surface area contributed by atoms with Crippen molar-refractivity contribution in [2.45, 2.75) is 26.2 Å². The van der Waals surface area contributed by atoms with Gasteiger partial charge in [0.1, 0.15) is 0 Å². The predicted molar refractivity (Wildman–Crippen MR) is 49.1 cm³/mol. The highest BCUT2D eigenvalue weighted by molar-refractivity contribution is 5.26. The normalized spacial score (nSPS) is 6.75. The summed E-state index contributed by atoms with van der Waals surface area (Å²) in [6.07, 6.45) is 3.17. The number of nitrogens with zero attached hydrogens (tertiary/aromatic N) is 3. The van der Waals surface area contributed by atoms with Crippen molar-refractivity contribution < 1.29 is 0 Å². The summed E-state index contributed by atoms with van der Waals surface area (Å²) in [5, 5.41) is 3.24. The lowest BCUT2D eigenvalue weighted by Crippen LogP contribution is -1.68. The average Bonchev–Trinajstić information content (AvgIpc) is 2.10. The standard InChI is InChI=1S/C9H11N3/c1-2-3-4-5-6-7-8-9-11-12-10/h2-4,9H2,1H3. The molecule has 0 spiro atoms. The van der Waals surface area contributed by atoms with E-state index in [2.05, 4.69) is 40.6 Å². The molecule has 0 saturated heterocycles. The zero-order valence-corrected chi connectivity index (χ0v) is 7.17. The Morgan fingerprint density at radius 2 is 2.08 bits per heavy atom. The minimum Gasteiger partial charge on any atom is -0.0891 e. The fourth-order valence-electron chi connectivity index (χ4n) is 0.523. The van der Waals surface area contributed by atoms with Gasteiger partial charge >= 0.3 is 0 Å². The maximum absolute atomic E-state index is 7.89. The Bertz CT molecular complexity index is 266. The van der Waals surface area contributed by atoms with Crippen molar-refractivity contribution in [2.75, 3.05) is 6.54 Å². The monoisotopic (exact) mass is 161 g/mol. The summed E-state index contributed by atoms with van der Waals surface area (Å²) in [5.74, 6) is 10.8. The van der Waals surface area contributed by atoms with E-state index in [1.165, 1.54) is 0 Å². The van der Waals surface area contributed by atoms with Crippen molar-refractivity contribution in [1.82, 2.24) is 0 Å². The van der Waals surface area contributed by atoms with Crippen LogP contribution in [0.15, 0.2) is 5.11 Å². The summed E-state index contributed by atoms with van der Waals surface area (Å²) in [6, 6.07) is 0. The van der Waals surface area contributed by atoms with Gasteiger partial charge in [0.05, 0.1) is 6.54 Å². The zero-order chi connectivity index (χ0) is 9.07. The van der Waals surface area contributed by atoms with Crippen LogP contribution in [0.25, 0.3) is 10.4 Å². The van der Waals surface area contributed by atoms with E-state index in [0.29, 0.717) is 0 Å². The van der Waals surface area contributed by atoms with E-state index in [4.69, 9.17) is 5.53 Å². The first-order chi connectivity index (χ1) is 5.91. The lowest BCUT2D eigenvalue weighted by Gasteiger charge is -1.80. The van der Waals surface area contributed by atoms with Crippen LogP contribution >= 0.6 is 0 Å². The van der Waals surface area contributed by atoms with Gasteiger partial charge in [-0.25, -0.2) is 0 Å². The summed E-state index contributed by atoms with van der Waals surface area (Å²) >= 11 is 0. The number of hydrogen-bond donors (Lipinski definition) is 0. The Morgan fingerprint density at radius 3 is 2.75 bits per heavy atom. The van der Waals surface area contributed by atoms with E-state index >= 15 is 0 Å². The SMILES string of the molecule is CCCCC#CC#CCN=[N+]=[N-]. The van der Waals surface area contributed by atoms with Crippen LogP contribution in [0.5, 0.6) is 0 Å². The molecule has 0 N–H and O–H groups in total. The van der Waals surface area contributed by atoms with E-state index in [9.17, 15) is 0 Å². The second kappa shape index (κ2) is 9.43. The molecule has 0 aliphatic rings. The third-order valence-electron chi connectivity index (χ3n) is 1.11. The molecule has 62 valence electrons. The average molecular weight is 161 g/mol. The van der Waals surface area contributed by atoms with Crippen LogP contribution in [0.3, 0.4) is 0 Å². The Labute approximate surface area is 72.8 Å². The van der Waals surface area contributed by atoms with Crippen molar-refractivity contribution >= 4 is 0 Å². The van der Waals surface area contributed by atoms with Crippen LogP contribution in [0.2, 0.25) is 0 Å². The highest BCUT2D eigenvalue weighted by Crippen LogP contribution is 1.89. The van der Waals surface area contributed by atoms with Crippen LogP contribution in [-0.4, -0.2) is 6.54 Å². The molecule has 0 fully saturated rings. The number of azide groups is 1. The largest absolute Gasteiger partial charge is 0.0891 e. The summed E-state index contributed by atoms with van der Waals surface area (Å²) in [7, 11) is 0. The fourth-order valence-corrected chi connectivity index (χ4v) is 0.523. The molecule has 3 heteroatoms. The molecule has 0 bridgehead atoms. The number of rotatable bonds is 3. The van der Waals surface area contributed by atoms with Gasteiger partial charge in [-0.05, 0) is 23.8 Å². The molecule has 3 nitrogen and oxygen atoms in total. The van der Waals surface area contributed by atoms with E-state index in [1.807, 2.05) is 0 Å². The summed E-state index contributed by atoms with van der Waals surface area (Å²) in [4.78, 5) is 2.56. The maximum Gasteiger partial charge on any atom is 0.0887 e. The molecule has 0 aromatic carbocycles. The molecule has 0 saturated carbocycles. The highest BCUT2D eigenvalue weighted by Gasteiger charge is 1.73. The first-order valence-corrected chi connectivity index (χ1v) is 3.88. The third kappa shape index (κ3) is 8.43. The first kappa shape index (κ1) is 10.4. The minimum absolute atomic E-state index is 0.207. The summed E-state index contributed by atoms with van der Waals surface area (Å²) < 4.78 is 0. The second-order valence-corrected chi connectivity index (χ2v) is 2.10. The molecule has 0 aromatic heterocycles. The lowest BCUT2D eigenvalue weighted by atomic mass is 10.2.